The van der Waals surface area contributed by atoms with Gasteiger partial charge in [-0.15, -0.1) is 11.3 Å². The van der Waals surface area contributed by atoms with Gasteiger partial charge in [-0.2, -0.15) is 0 Å². The molecule has 2 atom stereocenters. The number of rotatable bonds is 4. The molecule has 2 unspecified atom stereocenters. The van der Waals surface area contributed by atoms with E-state index in [-0.39, 0.29) is 6.04 Å². The first kappa shape index (κ1) is 11.6. The lowest BCUT2D eigenvalue weighted by molar-refractivity contribution is 0.567. The van der Waals surface area contributed by atoms with Gasteiger partial charge >= 0.3 is 0 Å². The molecule has 2 aliphatic rings. The van der Waals surface area contributed by atoms with Crippen molar-refractivity contribution in [3.8, 4) is 0 Å². The Labute approximate surface area is 105 Å². The lowest BCUT2D eigenvalue weighted by Gasteiger charge is -2.06. The maximum atomic E-state index is 12.1. The molecule has 17 heavy (non-hydrogen) atoms. The Bertz CT molecular complexity index is 513. The summed E-state index contributed by atoms with van der Waals surface area (Å²) < 4.78 is 27.5. The van der Waals surface area contributed by atoms with Crippen LogP contribution in [0.1, 0.15) is 11.8 Å². The molecule has 2 N–H and O–H groups in total. The smallest absolute Gasteiger partial charge is 0.250 e. The molecule has 0 spiro atoms. The third-order valence-electron chi connectivity index (χ3n) is 3.63. The summed E-state index contributed by atoms with van der Waals surface area (Å²) in [6.07, 6.45) is 0.888. The first-order chi connectivity index (χ1) is 8.12. The average Bonchev–Trinajstić information content (AvgIpc) is 2.83. The number of aryl methyl sites for hydroxylation is 1. The van der Waals surface area contributed by atoms with Crippen molar-refractivity contribution >= 4 is 21.4 Å². The summed E-state index contributed by atoms with van der Waals surface area (Å²) in [5.74, 6) is 1.02. The minimum absolute atomic E-state index is 0.161. The quantitative estimate of drug-likeness (QED) is 0.852. The zero-order valence-electron chi connectivity index (χ0n) is 9.64. The van der Waals surface area contributed by atoms with Crippen LogP contribution >= 0.6 is 11.3 Å². The molecular formula is C11H16N2O2S2. The molecule has 1 aliphatic carbocycles. The normalized spacial score (nSPS) is 31.5. The molecule has 0 radical (unpaired) electrons. The molecule has 0 aromatic carbocycles. The molecule has 3 rings (SSSR count). The van der Waals surface area contributed by atoms with Gasteiger partial charge < -0.3 is 5.32 Å². The van der Waals surface area contributed by atoms with Gasteiger partial charge in [-0.1, -0.05) is 6.92 Å². The molecule has 6 heteroatoms. The predicted molar refractivity (Wildman–Crippen MR) is 67.7 cm³/mol. The third kappa shape index (κ3) is 2.03. The summed E-state index contributed by atoms with van der Waals surface area (Å²) in [4.78, 5) is 1.11. The number of hydrogen-bond donors (Lipinski definition) is 2. The van der Waals surface area contributed by atoms with E-state index in [1.165, 1.54) is 11.3 Å². The number of thiophene rings is 1. The highest BCUT2D eigenvalue weighted by atomic mass is 32.2. The number of hydrogen-bond acceptors (Lipinski definition) is 4. The van der Waals surface area contributed by atoms with E-state index in [4.69, 9.17) is 0 Å². The van der Waals surface area contributed by atoms with Crippen LogP contribution in [0.25, 0.3) is 0 Å². The molecule has 4 nitrogen and oxygen atoms in total. The van der Waals surface area contributed by atoms with E-state index >= 15 is 0 Å². The lowest BCUT2D eigenvalue weighted by Crippen LogP contribution is -2.32. The van der Waals surface area contributed by atoms with Crippen LogP contribution in [0.15, 0.2) is 16.3 Å². The van der Waals surface area contributed by atoms with Crippen molar-refractivity contribution < 1.29 is 8.42 Å². The van der Waals surface area contributed by atoms with E-state index in [1.54, 1.807) is 6.07 Å². The Morgan fingerprint density at radius 1 is 1.41 bits per heavy atom. The molecule has 1 aromatic heterocycles. The summed E-state index contributed by atoms with van der Waals surface area (Å²) in [5.41, 5.74) is 0. The number of nitrogens with one attached hydrogen (secondary N) is 2. The average molecular weight is 272 g/mol. The first-order valence-electron chi connectivity index (χ1n) is 5.93. The van der Waals surface area contributed by atoms with Gasteiger partial charge in [0, 0.05) is 10.9 Å². The van der Waals surface area contributed by atoms with Crippen LogP contribution in [-0.4, -0.2) is 27.5 Å². The maximum Gasteiger partial charge on any atom is 0.250 e. The van der Waals surface area contributed by atoms with Gasteiger partial charge in [-0.05, 0) is 43.5 Å². The third-order valence-corrected chi connectivity index (χ3v) is 6.81. The second kappa shape index (κ2) is 4.05. The van der Waals surface area contributed by atoms with Crippen molar-refractivity contribution in [2.24, 2.45) is 11.8 Å². The van der Waals surface area contributed by atoms with Gasteiger partial charge in [-0.25, -0.2) is 13.1 Å². The van der Waals surface area contributed by atoms with Crippen molar-refractivity contribution in [3.63, 3.8) is 0 Å². The van der Waals surface area contributed by atoms with E-state index in [9.17, 15) is 8.42 Å². The van der Waals surface area contributed by atoms with Crippen LogP contribution < -0.4 is 10.0 Å². The Balaban J connectivity index is 1.73. The van der Waals surface area contributed by atoms with Crippen molar-refractivity contribution in [2.75, 3.05) is 13.1 Å². The molecule has 0 bridgehead atoms. The first-order valence-corrected chi connectivity index (χ1v) is 8.23. The van der Waals surface area contributed by atoms with Gasteiger partial charge in [-0.3, -0.25) is 0 Å². The minimum atomic E-state index is -3.29. The molecule has 94 valence electrons. The Morgan fingerprint density at radius 2 is 2.12 bits per heavy atom. The van der Waals surface area contributed by atoms with Crippen LogP contribution in [0.2, 0.25) is 0 Å². The van der Waals surface area contributed by atoms with E-state index in [1.807, 2.05) is 13.0 Å². The SMILES string of the molecule is CCc1ccc(S(=O)(=O)NC2C3CNCC32)s1. The van der Waals surface area contributed by atoms with E-state index in [2.05, 4.69) is 10.0 Å². The van der Waals surface area contributed by atoms with Crippen LogP contribution in [0, 0.1) is 11.8 Å². The van der Waals surface area contributed by atoms with Crippen molar-refractivity contribution in [2.45, 2.75) is 23.6 Å². The van der Waals surface area contributed by atoms with Gasteiger partial charge in [0.05, 0.1) is 0 Å². The second-order valence-corrected chi connectivity index (χ2v) is 7.82. The Kier molecular flexibility index (Phi) is 2.77. The van der Waals surface area contributed by atoms with Crippen molar-refractivity contribution in [1.82, 2.24) is 10.0 Å². The second-order valence-electron chi connectivity index (χ2n) is 4.71. The molecule has 2 fully saturated rings. The van der Waals surface area contributed by atoms with Gasteiger partial charge in [0.15, 0.2) is 0 Å². The standard InChI is InChI=1S/C11H16N2O2S2/c1-2-7-3-4-10(16-7)17(14,15)13-11-8-5-12-6-9(8)11/h3-4,8-9,11-13H,2,5-6H2,1H3. The highest BCUT2D eigenvalue weighted by molar-refractivity contribution is 7.91. The summed E-state index contributed by atoms with van der Waals surface area (Å²) in [6, 6.07) is 3.77. The Morgan fingerprint density at radius 3 is 2.71 bits per heavy atom. The van der Waals surface area contributed by atoms with E-state index < -0.39 is 10.0 Å². The van der Waals surface area contributed by atoms with Crippen LogP contribution in [0.5, 0.6) is 0 Å². The molecule has 1 aromatic rings. The van der Waals surface area contributed by atoms with Gasteiger partial charge in [0.2, 0.25) is 10.0 Å². The van der Waals surface area contributed by atoms with Gasteiger partial charge in [0.25, 0.3) is 0 Å². The highest BCUT2D eigenvalue weighted by Crippen LogP contribution is 2.42. The highest BCUT2D eigenvalue weighted by Gasteiger charge is 2.54. The summed E-state index contributed by atoms with van der Waals surface area (Å²) in [7, 11) is -3.29. The zero-order chi connectivity index (χ0) is 12.0. The monoisotopic (exact) mass is 272 g/mol. The van der Waals surface area contributed by atoms with E-state index in [0.29, 0.717) is 16.0 Å². The fourth-order valence-electron chi connectivity index (χ4n) is 2.52. The summed E-state index contributed by atoms with van der Waals surface area (Å²) in [5, 5.41) is 3.26. The predicted octanol–water partition coefficient (Wildman–Crippen LogP) is 0.807. The van der Waals surface area contributed by atoms with E-state index in [0.717, 1.165) is 24.4 Å². The molecule has 1 aliphatic heterocycles. The lowest BCUT2D eigenvalue weighted by atomic mass is 10.4. The largest absolute Gasteiger partial charge is 0.316 e. The van der Waals surface area contributed by atoms with Crippen LogP contribution in [-0.2, 0) is 16.4 Å². The maximum absolute atomic E-state index is 12.1. The van der Waals surface area contributed by atoms with Crippen molar-refractivity contribution in [3.05, 3.63) is 17.0 Å². The topological polar surface area (TPSA) is 58.2 Å². The van der Waals surface area contributed by atoms with Crippen molar-refractivity contribution in [1.29, 1.82) is 0 Å². The summed E-state index contributed by atoms with van der Waals surface area (Å²) in [6.45, 7) is 3.93. The molecule has 2 heterocycles. The molecule has 1 saturated heterocycles. The van der Waals surface area contributed by atoms with Crippen LogP contribution in [0.4, 0.5) is 0 Å². The number of fused-ring (bicyclic) bond motifs is 1. The Hall–Kier alpha value is -0.430. The molecule has 0 amide bonds. The van der Waals surface area contributed by atoms with Gasteiger partial charge in [0.1, 0.15) is 4.21 Å². The fraction of sp³-hybridized carbons (Fsp3) is 0.636. The molecule has 1 saturated carbocycles. The van der Waals surface area contributed by atoms with Crippen LogP contribution in [0.3, 0.4) is 0 Å². The zero-order valence-corrected chi connectivity index (χ0v) is 11.3. The number of sulfonamides is 1. The number of piperidine rings is 1. The molecular weight excluding hydrogens is 256 g/mol. The minimum Gasteiger partial charge on any atom is -0.316 e. The fourth-order valence-corrected chi connectivity index (χ4v) is 5.17. The summed E-state index contributed by atoms with van der Waals surface area (Å²) >= 11 is 1.37.